The molecule has 1 fully saturated rings. The van der Waals surface area contributed by atoms with Crippen LogP contribution in [0, 0.1) is 6.92 Å². The van der Waals surface area contributed by atoms with Crippen molar-refractivity contribution in [3.8, 4) is 11.5 Å². The van der Waals surface area contributed by atoms with Crippen LogP contribution in [0.5, 0.6) is 11.5 Å². The molecule has 5 heteroatoms. The molecule has 0 N–H and O–H groups in total. The highest BCUT2D eigenvalue weighted by Crippen LogP contribution is 2.34. The number of nitrogens with zero attached hydrogens (tertiary/aromatic N) is 2. The Morgan fingerprint density at radius 1 is 1.10 bits per heavy atom. The number of para-hydroxylation sites is 1. The van der Waals surface area contributed by atoms with Crippen molar-refractivity contribution < 1.29 is 14.3 Å². The lowest BCUT2D eigenvalue weighted by Crippen LogP contribution is -2.38. The highest BCUT2D eigenvalue weighted by Gasteiger charge is 2.28. The molecule has 2 heterocycles. The largest absolute Gasteiger partial charge is 0.493 e. The molecule has 1 saturated heterocycles. The summed E-state index contributed by atoms with van der Waals surface area (Å²) in [6, 6.07) is 15.0. The molecular weight excluding hydrogens is 376 g/mol. The van der Waals surface area contributed by atoms with E-state index in [4.69, 9.17) is 9.47 Å². The number of carbonyl (C=O) groups is 1. The lowest BCUT2D eigenvalue weighted by molar-refractivity contribution is -0.131. The summed E-state index contributed by atoms with van der Waals surface area (Å²) in [5.41, 5.74) is 3.62. The van der Waals surface area contributed by atoms with E-state index in [-0.39, 0.29) is 5.91 Å². The number of methoxy groups -OCH3 is 1. The molecule has 30 heavy (non-hydrogen) atoms. The van der Waals surface area contributed by atoms with Crippen molar-refractivity contribution in [3.05, 3.63) is 59.2 Å². The molecule has 0 aliphatic carbocycles. The van der Waals surface area contributed by atoms with E-state index in [1.165, 1.54) is 16.7 Å². The summed E-state index contributed by atoms with van der Waals surface area (Å²) >= 11 is 0. The first kappa shape index (κ1) is 20.7. The van der Waals surface area contributed by atoms with Crippen molar-refractivity contribution in [3.63, 3.8) is 0 Å². The van der Waals surface area contributed by atoms with Crippen molar-refractivity contribution in [1.29, 1.82) is 0 Å². The van der Waals surface area contributed by atoms with Crippen LogP contribution in [0.3, 0.4) is 0 Å². The average molecular weight is 409 g/mol. The van der Waals surface area contributed by atoms with E-state index in [9.17, 15) is 4.79 Å². The zero-order chi connectivity index (χ0) is 20.9. The second kappa shape index (κ2) is 9.52. The molecule has 2 aliphatic heterocycles. The van der Waals surface area contributed by atoms with Gasteiger partial charge in [0.2, 0.25) is 5.91 Å². The van der Waals surface area contributed by atoms with E-state index in [1.54, 1.807) is 7.11 Å². The third kappa shape index (κ3) is 4.78. The number of likely N-dealkylation sites (tertiary alicyclic amines) is 1. The first-order chi connectivity index (χ1) is 14.6. The third-order valence-electron chi connectivity index (χ3n) is 6.28. The summed E-state index contributed by atoms with van der Waals surface area (Å²) in [7, 11) is 1.69. The molecule has 5 nitrogen and oxygen atoms in total. The summed E-state index contributed by atoms with van der Waals surface area (Å²) < 4.78 is 11.5. The molecule has 2 aromatic rings. The molecule has 4 rings (SSSR count). The van der Waals surface area contributed by atoms with Gasteiger partial charge in [0.15, 0.2) is 11.5 Å². The van der Waals surface area contributed by atoms with Gasteiger partial charge < -0.3 is 14.4 Å². The molecule has 2 aromatic carbocycles. The Bertz CT molecular complexity index is 865. The molecule has 0 aromatic heterocycles. The Kier molecular flexibility index (Phi) is 6.58. The quantitative estimate of drug-likeness (QED) is 0.762. The SMILES string of the molecule is COc1cccc2c1OCCCN(C1CCC(=O)N(Cc3ccc(C)cc3)CC1)C2. The lowest BCUT2D eigenvalue weighted by Gasteiger charge is -2.33. The van der Waals surface area contributed by atoms with Gasteiger partial charge in [-0.05, 0) is 37.8 Å². The summed E-state index contributed by atoms with van der Waals surface area (Å²) in [4.78, 5) is 17.4. The van der Waals surface area contributed by atoms with E-state index in [2.05, 4.69) is 42.2 Å². The first-order valence-corrected chi connectivity index (χ1v) is 11.0. The van der Waals surface area contributed by atoms with E-state index in [0.717, 1.165) is 50.4 Å². The van der Waals surface area contributed by atoms with Crippen LogP contribution in [0.25, 0.3) is 0 Å². The van der Waals surface area contributed by atoms with Gasteiger partial charge in [-0.3, -0.25) is 9.69 Å². The standard InChI is InChI=1S/C25H32N2O3/c1-19-7-9-20(10-8-19)17-27-15-13-22(11-12-24(27)28)26-14-4-16-30-25-21(18-26)5-3-6-23(25)29-2/h3,5-10,22H,4,11-18H2,1-2H3. The van der Waals surface area contributed by atoms with Crippen molar-refractivity contribution in [2.75, 3.05) is 26.8 Å². The molecule has 160 valence electrons. The number of aryl methyl sites for hydroxylation is 1. The van der Waals surface area contributed by atoms with Crippen LogP contribution in [-0.2, 0) is 17.9 Å². The molecule has 0 bridgehead atoms. The second-order valence-electron chi connectivity index (χ2n) is 8.40. The van der Waals surface area contributed by atoms with Gasteiger partial charge in [0.05, 0.1) is 13.7 Å². The molecular formula is C25H32N2O3. The minimum atomic E-state index is 0.274. The van der Waals surface area contributed by atoms with Crippen LogP contribution in [0.15, 0.2) is 42.5 Å². The number of hydrogen-bond acceptors (Lipinski definition) is 4. The fraction of sp³-hybridized carbons (Fsp3) is 0.480. The molecule has 0 saturated carbocycles. The van der Waals surface area contributed by atoms with Crippen LogP contribution in [-0.4, -0.2) is 48.6 Å². The topological polar surface area (TPSA) is 42.0 Å². The number of carbonyl (C=O) groups excluding carboxylic acids is 1. The van der Waals surface area contributed by atoms with Gasteiger partial charge in [-0.2, -0.15) is 0 Å². The van der Waals surface area contributed by atoms with Gasteiger partial charge in [-0.25, -0.2) is 0 Å². The predicted molar refractivity (Wildman–Crippen MR) is 118 cm³/mol. The maximum atomic E-state index is 12.8. The van der Waals surface area contributed by atoms with Crippen LogP contribution < -0.4 is 9.47 Å². The fourth-order valence-electron chi connectivity index (χ4n) is 4.53. The minimum Gasteiger partial charge on any atom is -0.493 e. The van der Waals surface area contributed by atoms with Crippen molar-refractivity contribution >= 4 is 5.91 Å². The van der Waals surface area contributed by atoms with Gasteiger partial charge in [0.1, 0.15) is 0 Å². The van der Waals surface area contributed by atoms with Crippen LogP contribution in [0.2, 0.25) is 0 Å². The van der Waals surface area contributed by atoms with E-state index >= 15 is 0 Å². The zero-order valence-corrected chi connectivity index (χ0v) is 18.1. The number of rotatable bonds is 4. The van der Waals surface area contributed by atoms with Gasteiger partial charge in [-0.1, -0.05) is 42.0 Å². The smallest absolute Gasteiger partial charge is 0.222 e. The molecule has 0 spiro atoms. The lowest BCUT2D eigenvalue weighted by atomic mass is 10.0. The normalized spacial score (nSPS) is 20.5. The number of benzene rings is 2. The summed E-state index contributed by atoms with van der Waals surface area (Å²) in [6.45, 7) is 6.13. The Balaban J connectivity index is 1.45. The highest BCUT2D eigenvalue weighted by molar-refractivity contribution is 5.76. The maximum absolute atomic E-state index is 12.8. The minimum absolute atomic E-state index is 0.274. The van der Waals surface area contributed by atoms with Gasteiger partial charge in [0, 0.05) is 44.2 Å². The number of amides is 1. The highest BCUT2D eigenvalue weighted by atomic mass is 16.5. The molecule has 0 radical (unpaired) electrons. The molecule has 1 unspecified atom stereocenters. The van der Waals surface area contributed by atoms with Crippen molar-refractivity contribution in [2.45, 2.75) is 51.7 Å². The predicted octanol–water partition coefficient (Wildman–Crippen LogP) is 4.17. The molecule has 1 amide bonds. The third-order valence-corrected chi connectivity index (χ3v) is 6.28. The summed E-state index contributed by atoms with van der Waals surface area (Å²) in [5, 5.41) is 0. The van der Waals surface area contributed by atoms with E-state index in [1.807, 2.05) is 17.0 Å². The first-order valence-electron chi connectivity index (χ1n) is 11.0. The average Bonchev–Trinajstić information content (AvgIpc) is 2.92. The maximum Gasteiger partial charge on any atom is 0.222 e. The Hall–Kier alpha value is -2.53. The number of hydrogen-bond donors (Lipinski definition) is 0. The Labute approximate surface area is 179 Å². The summed E-state index contributed by atoms with van der Waals surface area (Å²) in [6.07, 6.45) is 3.53. The van der Waals surface area contributed by atoms with Gasteiger partial charge in [0.25, 0.3) is 0 Å². The van der Waals surface area contributed by atoms with Crippen LogP contribution >= 0.6 is 0 Å². The second-order valence-corrected chi connectivity index (χ2v) is 8.40. The summed E-state index contributed by atoms with van der Waals surface area (Å²) in [5.74, 6) is 1.94. The Morgan fingerprint density at radius 3 is 2.73 bits per heavy atom. The number of ether oxygens (including phenoxy) is 2. The van der Waals surface area contributed by atoms with Gasteiger partial charge >= 0.3 is 0 Å². The van der Waals surface area contributed by atoms with E-state index < -0.39 is 0 Å². The monoisotopic (exact) mass is 408 g/mol. The van der Waals surface area contributed by atoms with E-state index in [0.29, 0.717) is 25.6 Å². The van der Waals surface area contributed by atoms with Crippen molar-refractivity contribution in [1.82, 2.24) is 9.80 Å². The molecule has 1 atom stereocenters. The zero-order valence-electron chi connectivity index (χ0n) is 18.1. The van der Waals surface area contributed by atoms with Crippen LogP contribution in [0.1, 0.15) is 42.4 Å². The molecule has 2 aliphatic rings. The van der Waals surface area contributed by atoms with Crippen LogP contribution in [0.4, 0.5) is 0 Å². The fourth-order valence-corrected chi connectivity index (χ4v) is 4.53. The van der Waals surface area contributed by atoms with Crippen molar-refractivity contribution in [2.24, 2.45) is 0 Å². The van der Waals surface area contributed by atoms with Gasteiger partial charge in [-0.15, -0.1) is 0 Å². The Morgan fingerprint density at radius 2 is 1.93 bits per heavy atom. The number of fused-ring (bicyclic) bond motifs is 1.